The molecule has 1 heterocycles. The lowest BCUT2D eigenvalue weighted by atomic mass is 10.1. The quantitative estimate of drug-likeness (QED) is 0.827. The molecule has 0 saturated heterocycles. The number of nitrogens with one attached hydrogen (secondary N) is 1. The lowest BCUT2D eigenvalue weighted by Gasteiger charge is -2.04. The van der Waals surface area contributed by atoms with Crippen molar-refractivity contribution in [3.8, 4) is 5.75 Å². The summed E-state index contributed by atoms with van der Waals surface area (Å²) in [5, 5.41) is 1.22. The van der Waals surface area contributed by atoms with Gasteiger partial charge in [-0.15, -0.1) is 0 Å². The molecule has 0 unspecified atom stereocenters. The van der Waals surface area contributed by atoms with Gasteiger partial charge in [-0.25, -0.2) is 0 Å². The normalized spacial score (nSPS) is 15.9. The van der Waals surface area contributed by atoms with Crippen LogP contribution in [0.5, 0.6) is 5.75 Å². The molecule has 1 N–H and O–H groups in total. The highest BCUT2D eigenvalue weighted by atomic mass is 16.5. The van der Waals surface area contributed by atoms with Crippen LogP contribution in [0, 0.1) is 0 Å². The summed E-state index contributed by atoms with van der Waals surface area (Å²) in [6.07, 6.45) is 2.87. The maximum atomic E-state index is 5.91. The molecular formula is C14H17NO. The summed E-state index contributed by atoms with van der Waals surface area (Å²) in [5.41, 5.74) is 2.46. The van der Waals surface area contributed by atoms with Gasteiger partial charge in [0, 0.05) is 16.6 Å². The van der Waals surface area contributed by atoms with E-state index in [1.165, 1.54) is 29.4 Å². The van der Waals surface area contributed by atoms with Crippen LogP contribution in [0.25, 0.3) is 10.9 Å². The highest BCUT2D eigenvalue weighted by Gasteiger charge is 2.24. The Morgan fingerprint density at radius 1 is 1.31 bits per heavy atom. The number of H-pyrrole nitrogens is 1. The molecule has 1 aromatic carbocycles. The topological polar surface area (TPSA) is 25.0 Å². The molecule has 0 bridgehead atoms. The number of aromatic nitrogens is 1. The lowest BCUT2D eigenvalue weighted by Crippen LogP contribution is -1.95. The van der Waals surface area contributed by atoms with Crippen molar-refractivity contribution in [3.63, 3.8) is 0 Å². The van der Waals surface area contributed by atoms with Crippen LogP contribution in [0.15, 0.2) is 24.3 Å². The summed E-state index contributed by atoms with van der Waals surface area (Å²) < 4.78 is 5.91. The molecule has 1 aromatic heterocycles. The summed E-state index contributed by atoms with van der Waals surface area (Å²) >= 11 is 0. The van der Waals surface area contributed by atoms with Crippen LogP contribution in [-0.4, -0.2) is 11.1 Å². The molecule has 3 rings (SSSR count). The molecule has 2 nitrogen and oxygen atoms in total. The molecule has 0 amide bonds. The van der Waals surface area contributed by atoms with Crippen molar-refractivity contribution < 1.29 is 4.74 Å². The summed E-state index contributed by atoms with van der Waals surface area (Å²) in [6, 6.07) is 8.46. The number of ether oxygens (including phenoxy) is 1. The van der Waals surface area contributed by atoms with Gasteiger partial charge in [-0.2, -0.15) is 0 Å². The monoisotopic (exact) mass is 215 g/mol. The van der Waals surface area contributed by atoms with Gasteiger partial charge in [0.1, 0.15) is 5.75 Å². The van der Waals surface area contributed by atoms with Gasteiger partial charge in [-0.3, -0.25) is 0 Å². The van der Waals surface area contributed by atoms with Crippen LogP contribution in [0.1, 0.15) is 38.3 Å². The van der Waals surface area contributed by atoms with Crippen molar-refractivity contribution in [2.75, 3.05) is 0 Å². The van der Waals surface area contributed by atoms with E-state index in [0.717, 1.165) is 5.75 Å². The molecule has 1 saturated carbocycles. The number of fused-ring (bicyclic) bond motifs is 1. The second-order valence-electron chi connectivity index (χ2n) is 4.91. The van der Waals surface area contributed by atoms with Gasteiger partial charge >= 0.3 is 0 Å². The van der Waals surface area contributed by atoms with Crippen molar-refractivity contribution in [1.29, 1.82) is 0 Å². The molecule has 0 atom stereocenters. The summed E-state index contributed by atoms with van der Waals surface area (Å²) in [5.74, 6) is 1.56. The first-order valence-corrected chi connectivity index (χ1v) is 6.02. The fourth-order valence-corrected chi connectivity index (χ4v) is 1.93. The fourth-order valence-electron chi connectivity index (χ4n) is 1.93. The molecule has 2 aromatic rings. The molecule has 1 aliphatic rings. The molecule has 1 aliphatic carbocycles. The van der Waals surface area contributed by atoms with Gasteiger partial charge < -0.3 is 9.72 Å². The summed E-state index contributed by atoms with van der Waals surface area (Å²) in [4.78, 5) is 3.45. The zero-order valence-corrected chi connectivity index (χ0v) is 9.79. The Morgan fingerprint density at radius 3 is 2.81 bits per heavy atom. The van der Waals surface area contributed by atoms with Crippen LogP contribution < -0.4 is 4.74 Å². The number of benzene rings is 1. The highest BCUT2D eigenvalue weighted by Crippen LogP contribution is 2.33. The van der Waals surface area contributed by atoms with E-state index in [9.17, 15) is 0 Å². The Morgan fingerprint density at radius 2 is 2.12 bits per heavy atom. The lowest BCUT2D eigenvalue weighted by molar-refractivity contribution is 0.307. The van der Waals surface area contributed by atoms with Gasteiger partial charge in [-0.1, -0.05) is 19.9 Å². The first-order valence-electron chi connectivity index (χ1n) is 6.02. The van der Waals surface area contributed by atoms with E-state index in [4.69, 9.17) is 4.74 Å². The van der Waals surface area contributed by atoms with E-state index in [1.807, 2.05) is 0 Å². The summed E-state index contributed by atoms with van der Waals surface area (Å²) in [7, 11) is 0. The van der Waals surface area contributed by atoms with Crippen LogP contribution >= 0.6 is 0 Å². The zero-order chi connectivity index (χ0) is 11.1. The van der Waals surface area contributed by atoms with Crippen LogP contribution in [0.4, 0.5) is 0 Å². The van der Waals surface area contributed by atoms with Gasteiger partial charge in [0.05, 0.1) is 6.10 Å². The minimum Gasteiger partial charge on any atom is -0.490 e. The molecule has 84 valence electrons. The predicted molar refractivity (Wildman–Crippen MR) is 66.0 cm³/mol. The fraction of sp³-hybridized carbons (Fsp3) is 0.429. The number of hydrogen-bond donors (Lipinski definition) is 1. The predicted octanol–water partition coefficient (Wildman–Crippen LogP) is 3.83. The van der Waals surface area contributed by atoms with Crippen molar-refractivity contribution in [3.05, 3.63) is 30.0 Å². The third-order valence-electron chi connectivity index (χ3n) is 3.08. The van der Waals surface area contributed by atoms with Gasteiger partial charge in [0.15, 0.2) is 0 Å². The molecule has 16 heavy (non-hydrogen) atoms. The van der Waals surface area contributed by atoms with E-state index in [2.05, 4.69) is 43.1 Å². The Labute approximate surface area is 95.6 Å². The number of rotatable bonds is 3. The van der Waals surface area contributed by atoms with Gasteiger partial charge in [0.25, 0.3) is 0 Å². The molecule has 2 heteroatoms. The third-order valence-corrected chi connectivity index (χ3v) is 3.08. The number of hydrogen-bond acceptors (Lipinski definition) is 1. The Bertz CT molecular complexity index is 508. The number of aromatic amines is 1. The second-order valence-corrected chi connectivity index (χ2v) is 4.91. The Balaban J connectivity index is 2.06. The first-order chi connectivity index (χ1) is 7.74. The Hall–Kier alpha value is -1.44. The average Bonchev–Trinajstić information content (AvgIpc) is 2.95. The maximum absolute atomic E-state index is 5.91. The van der Waals surface area contributed by atoms with Crippen LogP contribution in [-0.2, 0) is 0 Å². The van der Waals surface area contributed by atoms with E-state index < -0.39 is 0 Å². The standard InChI is InChI=1S/C14H17NO/c1-9(2)13-8-11-12(15-13)4-3-5-14(11)16-10-6-7-10/h3-5,8-10,15H,6-7H2,1-2H3. The van der Waals surface area contributed by atoms with E-state index in [1.54, 1.807) is 0 Å². The van der Waals surface area contributed by atoms with Crippen molar-refractivity contribution >= 4 is 10.9 Å². The second kappa shape index (κ2) is 3.55. The van der Waals surface area contributed by atoms with Crippen molar-refractivity contribution in [2.45, 2.75) is 38.7 Å². The SMILES string of the molecule is CC(C)c1cc2c(OC3CC3)cccc2[nH]1. The van der Waals surface area contributed by atoms with E-state index in [0.29, 0.717) is 12.0 Å². The van der Waals surface area contributed by atoms with Gasteiger partial charge in [0.2, 0.25) is 0 Å². The molecular weight excluding hydrogens is 198 g/mol. The minimum absolute atomic E-state index is 0.461. The van der Waals surface area contributed by atoms with Crippen LogP contribution in [0.3, 0.4) is 0 Å². The minimum atomic E-state index is 0.461. The maximum Gasteiger partial charge on any atom is 0.129 e. The smallest absolute Gasteiger partial charge is 0.129 e. The summed E-state index contributed by atoms with van der Waals surface area (Å²) in [6.45, 7) is 4.40. The third kappa shape index (κ3) is 1.69. The average molecular weight is 215 g/mol. The Kier molecular flexibility index (Phi) is 2.16. The molecule has 1 fully saturated rings. The molecule has 0 aliphatic heterocycles. The zero-order valence-electron chi connectivity index (χ0n) is 9.79. The molecule has 0 radical (unpaired) electrons. The van der Waals surface area contributed by atoms with Crippen molar-refractivity contribution in [2.24, 2.45) is 0 Å². The first kappa shape index (κ1) is 9.76. The van der Waals surface area contributed by atoms with Crippen molar-refractivity contribution in [1.82, 2.24) is 4.98 Å². The molecule has 0 spiro atoms. The van der Waals surface area contributed by atoms with Gasteiger partial charge in [-0.05, 0) is 37.0 Å². The van der Waals surface area contributed by atoms with Crippen LogP contribution in [0.2, 0.25) is 0 Å². The van der Waals surface area contributed by atoms with E-state index >= 15 is 0 Å². The van der Waals surface area contributed by atoms with E-state index in [-0.39, 0.29) is 0 Å². The highest BCUT2D eigenvalue weighted by molar-refractivity contribution is 5.86. The largest absolute Gasteiger partial charge is 0.490 e.